The summed E-state index contributed by atoms with van der Waals surface area (Å²) in [6, 6.07) is 8.83. The van der Waals surface area contributed by atoms with E-state index in [4.69, 9.17) is 23.7 Å². The molecule has 0 N–H and O–H groups in total. The van der Waals surface area contributed by atoms with Crippen molar-refractivity contribution in [3.05, 3.63) is 41.5 Å². The summed E-state index contributed by atoms with van der Waals surface area (Å²) < 4.78 is 26.5. The van der Waals surface area contributed by atoms with E-state index >= 15 is 0 Å². The van der Waals surface area contributed by atoms with Crippen molar-refractivity contribution in [2.24, 2.45) is 0 Å². The van der Waals surface area contributed by atoms with Crippen LogP contribution in [0.15, 0.2) is 30.3 Å². The fourth-order valence-electron chi connectivity index (χ4n) is 2.57. The van der Waals surface area contributed by atoms with Crippen molar-refractivity contribution in [1.29, 1.82) is 0 Å². The van der Waals surface area contributed by atoms with E-state index < -0.39 is 0 Å². The lowest BCUT2D eigenvalue weighted by molar-refractivity contribution is -0.103. The van der Waals surface area contributed by atoms with Gasteiger partial charge in [-0.25, -0.2) is 0 Å². The summed E-state index contributed by atoms with van der Waals surface area (Å²) in [4.78, 5) is 11.7. The zero-order valence-electron chi connectivity index (χ0n) is 15.5. The molecule has 138 valence electrons. The number of hydrogen-bond acceptors (Lipinski definition) is 6. The van der Waals surface area contributed by atoms with E-state index in [0.29, 0.717) is 39.9 Å². The van der Waals surface area contributed by atoms with Crippen molar-refractivity contribution in [2.75, 3.05) is 35.5 Å². The number of aldehydes is 1. The molecule has 0 radical (unpaired) electrons. The van der Waals surface area contributed by atoms with Gasteiger partial charge >= 0.3 is 0 Å². The Morgan fingerprint density at radius 1 is 0.731 bits per heavy atom. The second-order valence-corrected chi connectivity index (χ2v) is 5.25. The number of rotatable bonds is 8. The van der Waals surface area contributed by atoms with E-state index in [0.717, 1.165) is 11.8 Å². The molecule has 0 saturated carbocycles. The first-order valence-corrected chi connectivity index (χ1v) is 7.81. The number of ether oxygens (including phenoxy) is 5. The smallest absolute Gasteiger partial charge is 0.203 e. The monoisotopic (exact) mass is 358 g/mol. The Morgan fingerprint density at radius 2 is 1.31 bits per heavy atom. The Balaban J connectivity index is 2.54. The predicted molar refractivity (Wildman–Crippen MR) is 99.6 cm³/mol. The summed E-state index contributed by atoms with van der Waals surface area (Å²) in [7, 11) is 7.73. The van der Waals surface area contributed by atoms with E-state index in [1.54, 1.807) is 64.8 Å². The first-order valence-electron chi connectivity index (χ1n) is 7.81. The van der Waals surface area contributed by atoms with Crippen LogP contribution in [0.5, 0.6) is 28.7 Å². The van der Waals surface area contributed by atoms with Gasteiger partial charge in [0, 0.05) is 5.57 Å². The van der Waals surface area contributed by atoms with Crippen molar-refractivity contribution in [3.63, 3.8) is 0 Å². The molecule has 0 aliphatic rings. The molecule has 0 unspecified atom stereocenters. The summed E-state index contributed by atoms with van der Waals surface area (Å²) in [6.45, 7) is 0. The van der Waals surface area contributed by atoms with E-state index in [1.165, 1.54) is 7.11 Å². The van der Waals surface area contributed by atoms with Gasteiger partial charge in [-0.05, 0) is 41.5 Å². The van der Waals surface area contributed by atoms with Gasteiger partial charge in [-0.15, -0.1) is 0 Å². The fraction of sp³-hybridized carbons (Fsp3) is 0.250. The van der Waals surface area contributed by atoms with Crippen LogP contribution in [0.1, 0.15) is 11.1 Å². The number of benzene rings is 2. The summed E-state index contributed by atoms with van der Waals surface area (Å²) >= 11 is 0. The average molecular weight is 358 g/mol. The van der Waals surface area contributed by atoms with Crippen LogP contribution in [0.2, 0.25) is 0 Å². The van der Waals surface area contributed by atoms with Gasteiger partial charge < -0.3 is 23.7 Å². The zero-order chi connectivity index (χ0) is 19.1. The van der Waals surface area contributed by atoms with Crippen LogP contribution < -0.4 is 23.7 Å². The van der Waals surface area contributed by atoms with Crippen molar-refractivity contribution < 1.29 is 28.5 Å². The number of methoxy groups -OCH3 is 5. The van der Waals surface area contributed by atoms with Gasteiger partial charge in [0.05, 0.1) is 35.5 Å². The maximum atomic E-state index is 11.7. The summed E-state index contributed by atoms with van der Waals surface area (Å²) in [5, 5.41) is 0. The molecular formula is C20H22O6. The van der Waals surface area contributed by atoms with Gasteiger partial charge in [-0.1, -0.05) is 6.07 Å². The second kappa shape index (κ2) is 8.80. The first kappa shape index (κ1) is 19.2. The highest BCUT2D eigenvalue weighted by molar-refractivity contribution is 6.13. The molecular weight excluding hydrogens is 336 g/mol. The highest BCUT2D eigenvalue weighted by Gasteiger charge is 2.13. The lowest BCUT2D eigenvalue weighted by Crippen LogP contribution is -1.96. The average Bonchev–Trinajstić information content (AvgIpc) is 2.70. The Morgan fingerprint density at radius 3 is 1.77 bits per heavy atom. The van der Waals surface area contributed by atoms with Crippen LogP contribution >= 0.6 is 0 Å². The SMILES string of the molecule is COc1ccc(/C(C=O)=C\c2cc(OC)c(OC)c(OC)c2)cc1OC. The molecule has 6 heteroatoms. The van der Waals surface area contributed by atoms with Crippen molar-refractivity contribution >= 4 is 17.9 Å². The second-order valence-electron chi connectivity index (χ2n) is 5.25. The molecule has 0 aliphatic carbocycles. The Hall–Kier alpha value is -3.15. The minimum Gasteiger partial charge on any atom is -0.493 e. The third kappa shape index (κ3) is 3.91. The Bertz CT molecular complexity index is 785. The normalized spacial score (nSPS) is 10.9. The molecule has 0 bridgehead atoms. The summed E-state index contributed by atoms with van der Waals surface area (Å²) in [6.07, 6.45) is 2.52. The maximum Gasteiger partial charge on any atom is 0.203 e. The summed E-state index contributed by atoms with van der Waals surface area (Å²) in [5.74, 6) is 2.65. The molecule has 0 fully saturated rings. The molecule has 0 saturated heterocycles. The topological polar surface area (TPSA) is 63.2 Å². The minimum atomic E-state index is 0.472. The number of carbonyl (C=O) groups excluding carboxylic acids is 1. The van der Waals surface area contributed by atoms with Gasteiger partial charge in [0.15, 0.2) is 29.3 Å². The molecule has 0 aromatic heterocycles. The van der Waals surface area contributed by atoms with E-state index in [9.17, 15) is 4.79 Å². The van der Waals surface area contributed by atoms with Gasteiger partial charge in [0.2, 0.25) is 5.75 Å². The maximum absolute atomic E-state index is 11.7. The quantitative estimate of drug-likeness (QED) is 0.409. The predicted octanol–water partition coefficient (Wildman–Crippen LogP) is 3.47. The van der Waals surface area contributed by atoms with Gasteiger partial charge in [-0.3, -0.25) is 4.79 Å². The van der Waals surface area contributed by atoms with Crippen molar-refractivity contribution in [2.45, 2.75) is 0 Å². The van der Waals surface area contributed by atoms with Crippen LogP contribution in [-0.4, -0.2) is 41.8 Å². The molecule has 0 atom stereocenters. The highest BCUT2D eigenvalue weighted by atomic mass is 16.5. The standard InChI is InChI=1S/C20H22O6/c1-22-16-7-6-14(11-17(16)23-2)15(12-21)8-13-9-18(24-3)20(26-5)19(10-13)25-4/h6-12H,1-5H3/b15-8-. The third-order valence-electron chi connectivity index (χ3n) is 3.85. The highest BCUT2D eigenvalue weighted by Crippen LogP contribution is 2.39. The van der Waals surface area contributed by atoms with E-state index in [-0.39, 0.29) is 0 Å². The first-order chi connectivity index (χ1) is 12.6. The van der Waals surface area contributed by atoms with Gasteiger partial charge in [-0.2, -0.15) is 0 Å². The lowest BCUT2D eigenvalue weighted by Gasteiger charge is -2.13. The molecule has 2 aromatic carbocycles. The zero-order valence-corrected chi connectivity index (χ0v) is 15.5. The number of carbonyl (C=O) groups is 1. The summed E-state index contributed by atoms with van der Waals surface area (Å²) in [5.41, 5.74) is 1.91. The third-order valence-corrected chi connectivity index (χ3v) is 3.85. The molecule has 0 heterocycles. The number of allylic oxidation sites excluding steroid dienone is 1. The van der Waals surface area contributed by atoms with Gasteiger partial charge in [0.25, 0.3) is 0 Å². The van der Waals surface area contributed by atoms with Gasteiger partial charge in [0.1, 0.15) is 0 Å². The molecule has 0 spiro atoms. The van der Waals surface area contributed by atoms with Crippen molar-refractivity contribution in [1.82, 2.24) is 0 Å². The molecule has 0 aliphatic heterocycles. The minimum absolute atomic E-state index is 0.472. The lowest BCUT2D eigenvalue weighted by atomic mass is 10.0. The Kier molecular flexibility index (Phi) is 6.49. The Labute approximate surface area is 152 Å². The van der Waals surface area contributed by atoms with Crippen LogP contribution in [0.4, 0.5) is 0 Å². The molecule has 0 amide bonds. The van der Waals surface area contributed by atoms with Crippen LogP contribution in [-0.2, 0) is 4.79 Å². The van der Waals surface area contributed by atoms with Crippen molar-refractivity contribution in [3.8, 4) is 28.7 Å². The van der Waals surface area contributed by atoms with E-state index in [2.05, 4.69) is 0 Å². The fourth-order valence-corrected chi connectivity index (χ4v) is 2.57. The number of hydrogen-bond donors (Lipinski definition) is 0. The van der Waals surface area contributed by atoms with Crippen LogP contribution in [0.3, 0.4) is 0 Å². The van der Waals surface area contributed by atoms with E-state index in [1.807, 2.05) is 0 Å². The largest absolute Gasteiger partial charge is 0.493 e. The van der Waals surface area contributed by atoms with Crippen LogP contribution in [0, 0.1) is 0 Å². The van der Waals surface area contributed by atoms with Crippen LogP contribution in [0.25, 0.3) is 11.6 Å². The molecule has 2 aromatic rings. The molecule has 2 rings (SSSR count). The molecule has 26 heavy (non-hydrogen) atoms. The molecule has 6 nitrogen and oxygen atoms in total.